The Balaban J connectivity index is 1.56. The summed E-state index contributed by atoms with van der Waals surface area (Å²) in [4.78, 5) is 69.6. The molecule has 4 amide bonds. The zero-order valence-corrected chi connectivity index (χ0v) is 16.6. The van der Waals surface area contributed by atoms with Crippen molar-refractivity contribution in [1.29, 1.82) is 0 Å². The summed E-state index contributed by atoms with van der Waals surface area (Å²) in [7, 11) is 0. The number of nitrogens with zero attached hydrogens (tertiary/aromatic N) is 2. The van der Waals surface area contributed by atoms with Crippen LogP contribution >= 0.6 is 11.8 Å². The zero-order valence-electron chi connectivity index (χ0n) is 15.8. The van der Waals surface area contributed by atoms with E-state index in [4.69, 9.17) is 4.84 Å². The van der Waals surface area contributed by atoms with Crippen molar-refractivity contribution in [2.75, 3.05) is 12.0 Å². The van der Waals surface area contributed by atoms with Crippen molar-refractivity contribution in [1.82, 2.24) is 9.96 Å². The van der Waals surface area contributed by atoms with E-state index in [1.807, 2.05) is 0 Å². The van der Waals surface area contributed by atoms with Crippen LogP contribution < -0.4 is 0 Å². The van der Waals surface area contributed by atoms with Gasteiger partial charge in [0, 0.05) is 5.75 Å². The first-order valence-corrected chi connectivity index (χ1v) is 10.9. The molecule has 1 saturated carbocycles. The molecular weight excluding hydrogens is 396 g/mol. The summed E-state index contributed by atoms with van der Waals surface area (Å²) in [6.45, 7) is 0. The van der Waals surface area contributed by atoms with Crippen LogP contribution in [0.1, 0.15) is 46.4 Å². The largest absolute Gasteiger partial charge is 0.356 e. The van der Waals surface area contributed by atoms with Crippen LogP contribution in [0.3, 0.4) is 0 Å². The predicted molar refractivity (Wildman–Crippen MR) is 103 cm³/mol. The van der Waals surface area contributed by atoms with Crippen molar-refractivity contribution >= 4 is 41.4 Å². The van der Waals surface area contributed by atoms with Gasteiger partial charge in [-0.25, -0.2) is 4.79 Å². The molecule has 1 aliphatic carbocycles. The summed E-state index contributed by atoms with van der Waals surface area (Å²) in [5, 5.41) is 0.415. The molecule has 0 bridgehead atoms. The maximum absolute atomic E-state index is 12.9. The van der Waals surface area contributed by atoms with Gasteiger partial charge in [0.1, 0.15) is 6.04 Å². The number of hydrogen-bond acceptors (Lipinski definition) is 7. The second-order valence-electron chi connectivity index (χ2n) is 7.38. The Morgan fingerprint density at radius 2 is 1.55 bits per heavy atom. The van der Waals surface area contributed by atoms with E-state index in [9.17, 15) is 24.0 Å². The van der Waals surface area contributed by atoms with Gasteiger partial charge in [-0.15, -0.1) is 0 Å². The molecule has 29 heavy (non-hydrogen) atoms. The lowest BCUT2D eigenvalue weighted by Gasteiger charge is -2.25. The topological polar surface area (TPSA) is 101 Å². The second kappa shape index (κ2) is 7.62. The summed E-state index contributed by atoms with van der Waals surface area (Å²) in [5.41, 5.74) is 0.289. The van der Waals surface area contributed by atoms with E-state index in [2.05, 4.69) is 0 Å². The van der Waals surface area contributed by atoms with Crippen LogP contribution in [0, 0.1) is 11.8 Å². The van der Waals surface area contributed by atoms with E-state index in [0.717, 1.165) is 17.7 Å². The predicted octanol–water partition coefficient (Wildman–Crippen LogP) is 1.65. The maximum Gasteiger partial charge on any atom is 0.356 e. The monoisotopic (exact) mass is 416 g/mol. The van der Waals surface area contributed by atoms with Crippen LogP contribution in [0.2, 0.25) is 0 Å². The normalized spacial score (nSPS) is 24.6. The fraction of sp³-hybridized carbons (Fsp3) is 0.450. The number of hydrogen-bond donors (Lipinski definition) is 0. The smallest absolute Gasteiger partial charge is 0.327 e. The molecule has 0 aromatic heterocycles. The van der Waals surface area contributed by atoms with Crippen LogP contribution in [-0.4, -0.2) is 57.6 Å². The summed E-state index contributed by atoms with van der Waals surface area (Å²) in [5.74, 6) is -3.84. The van der Waals surface area contributed by atoms with Crippen molar-refractivity contribution in [2.24, 2.45) is 11.8 Å². The number of rotatable bonds is 5. The Labute approximate surface area is 171 Å². The Bertz CT molecular complexity index is 857. The third kappa shape index (κ3) is 3.13. The molecule has 1 saturated heterocycles. The minimum atomic E-state index is -1.18. The third-order valence-corrected chi connectivity index (χ3v) is 6.37. The molecule has 4 rings (SSSR count). The van der Waals surface area contributed by atoms with Crippen molar-refractivity contribution in [3.05, 3.63) is 35.4 Å². The second-order valence-corrected chi connectivity index (χ2v) is 8.29. The highest BCUT2D eigenvalue weighted by Gasteiger charge is 2.53. The first-order chi connectivity index (χ1) is 14.0. The minimum Gasteiger partial charge on any atom is -0.327 e. The number of benzene rings is 1. The summed E-state index contributed by atoms with van der Waals surface area (Å²) >= 11 is 1.27. The SMILES string of the molecule is CSCC(C(=O)ON1C(=O)c2ccccc2C1=O)N1C(=O)C2CCCCC2C1=O. The molecule has 2 fully saturated rings. The molecule has 1 aromatic rings. The highest BCUT2D eigenvalue weighted by Crippen LogP contribution is 2.39. The fourth-order valence-electron chi connectivity index (χ4n) is 4.30. The minimum absolute atomic E-state index is 0.124. The van der Waals surface area contributed by atoms with E-state index < -0.39 is 35.7 Å². The molecule has 3 atom stereocenters. The first-order valence-electron chi connectivity index (χ1n) is 9.51. The highest BCUT2D eigenvalue weighted by molar-refractivity contribution is 7.98. The van der Waals surface area contributed by atoms with Crippen molar-refractivity contribution in [3.63, 3.8) is 0 Å². The summed E-state index contributed by atoms with van der Waals surface area (Å²) in [6.07, 6.45) is 4.75. The zero-order chi connectivity index (χ0) is 20.7. The van der Waals surface area contributed by atoms with Gasteiger partial charge in [0.05, 0.1) is 23.0 Å². The summed E-state index contributed by atoms with van der Waals surface area (Å²) < 4.78 is 0. The van der Waals surface area contributed by atoms with E-state index in [1.54, 1.807) is 18.4 Å². The van der Waals surface area contributed by atoms with Gasteiger partial charge in [0.25, 0.3) is 11.8 Å². The van der Waals surface area contributed by atoms with Crippen molar-refractivity contribution < 1.29 is 28.8 Å². The van der Waals surface area contributed by atoms with Gasteiger partial charge in [-0.05, 0) is 31.2 Å². The van der Waals surface area contributed by atoms with Gasteiger partial charge < -0.3 is 4.84 Å². The lowest BCUT2D eigenvalue weighted by atomic mass is 9.81. The summed E-state index contributed by atoms with van der Waals surface area (Å²) in [6, 6.07) is 4.98. The molecule has 3 unspecified atom stereocenters. The van der Waals surface area contributed by atoms with Crippen LogP contribution in [0.25, 0.3) is 0 Å². The molecule has 3 aliphatic rings. The first kappa shape index (κ1) is 19.6. The Morgan fingerprint density at radius 1 is 1.03 bits per heavy atom. The number of fused-ring (bicyclic) bond motifs is 2. The Morgan fingerprint density at radius 3 is 2.03 bits per heavy atom. The van der Waals surface area contributed by atoms with Gasteiger partial charge in [0.2, 0.25) is 11.8 Å². The van der Waals surface area contributed by atoms with Crippen LogP contribution in [0.5, 0.6) is 0 Å². The van der Waals surface area contributed by atoms with E-state index >= 15 is 0 Å². The number of amides is 4. The van der Waals surface area contributed by atoms with Gasteiger partial charge in [0.15, 0.2) is 0 Å². The molecule has 2 aliphatic heterocycles. The quantitative estimate of drug-likeness (QED) is 0.673. The fourth-order valence-corrected chi connectivity index (χ4v) is 4.90. The molecule has 0 spiro atoms. The maximum atomic E-state index is 12.9. The van der Waals surface area contributed by atoms with Crippen molar-refractivity contribution in [2.45, 2.75) is 31.7 Å². The lowest BCUT2D eigenvalue weighted by molar-refractivity contribution is -0.176. The molecular formula is C20H20N2O6S. The van der Waals surface area contributed by atoms with E-state index in [0.29, 0.717) is 17.9 Å². The van der Waals surface area contributed by atoms with Crippen LogP contribution in [-0.2, 0) is 19.2 Å². The molecule has 152 valence electrons. The number of imide groups is 2. The van der Waals surface area contributed by atoms with E-state index in [-0.39, 0.29) is 28.7 Å². The van der Waals surface area contributed by atoms with Gasteiger partial charge in [-0.2, -0.15) is 11.8 Å². The average molecular weight is 416 g/mol. The Hall–Kier alpha value is -2.68. The molecule has 0 N–H and O–H groups in total. The third-order valence-electron chi connectivity index (χ3n) is 5.72. The Kier molecular flexibility index (Phi) is 5.16. The number of thioether (sulfide) groups is 1. The average Bonchev–Trinajstić information content (AvgIpc) is 3.13. The lowest BCUT2D eigenvalue weighted by Crippen LogP contribution is -2.50. The molecule has 2 heterocycles. The number of hydroxylamine groups is 2. The van der Waals surface area contributed by atoms with Crippen molar-refractivity contribution in [3.8, 4) is 0 Å². The van der Waals surface area contributed by atoms with Crippen LogP contribution in [0.15, 0.2) is 24.3 Å². The number of carbonyl (C=O) groups is 5. The standard InChI is InChI=1S/C20H20N2O6S/c1-29-10-15(21-16(23)11-6-2-3-7-12(11)17(21)24)20(27)28-22-18(25)13-8-4-5-9-14(13)19(22)26/h4-5,8-9,11-12,15H,2-3,6-7,10H2,1H3. The highest BCUT2D eigenvalue weighted by atomic mass is 32.2. The van der Waals surface area contributed by atoms with Gasteiger partial charge >= 0.3 is 5.97 Å². The number of likely N-dealkylation sites (tertiary alicyclic amines) is 1. The molecule has 1 aromatic carbocycles. The van der Waals surface area contributed by atoms with E-state index in [1.165, 1.54) is 23.9 Å². The number of carbonyl (C=O) groups excluding carboxylic acids is 5. The molecule has 0 radical (unpaired) electrons. The van der Waals surface area contributed by atoms with Crippen LogP contribution in [0.4, 0.5) is 0 Å². The molecule has 9 heteroatoms. The van der Waals surface area contributed by atoms with Gasteiger partial charge in [-0.1, -0.05) is 30.0 Å². The molecule has 8 nitrogen and oxygen atoms in total. The van der Waals surface area contributed by atoms with Gasteiger partial charge in [-0.3, -0.25) is 24.1 Å².